The second-order valence-corrected chi connectivity index (χ2v) is 7.30. The monoisotopic (exact) mass is 391 g/mol. The van der Waals surface area contributed by atoms with Crippen molar-refractivity contribution in [3.8, 4) is 0 Å². The summed E-state index contributed by atoms with van der Waals surface area (Å²) in [6, 6.07) is 8.42. The van der Waals surface area contributed by atoms with Gasteiger partial charge in [-0.2, -0.15) is 0 Å². The largest absolute Gasteiger partial charge is 0.479 e. The highest BCUT2D eigenvalue weighted by Gasteiger charge is 2.31. The number of carboxylic acid groups (broad SMARTS) is 1. The van der Waals surface area contributed by atoms with Crippen molar-refractivity contribution in [3.63, 3.8) is 0 Å². The van der Waals surface area contributed by atoms with E-state index in [0.29, 0.717) is 25.0 Å². The van der Waals surface area contributed by atoms with Gasteiger partial charge in [-0.1, -0.05) is 50.8 Å². The summed E-state index contributed by atoms with van der Waals surface area (Å²) in [5.74, 6) is -1.19. The number of ketones is 1. The van der Waals surface area contributed by atoms with Crippen molar-refractivity contribution < 1.29 is 24.2 Å². The number of ether oxygens (including phenoxy) is 1. The Labute approximate surface area is 167 Å². The van der Waals surface area contributed by atoms with E-state index in [-0.39, 0.29) is 11.7 Å². The number of aliphatic carboxylic acids is 1. The van der Waals surface area contributed by atoms with E-state index in [9.17, 15) is 14.4 Å². The van der Waals surface area contributed by atoms with E-state index >= 15 is 0 Å². The van der Waals surface area contributed by atoms with E-state index in [4.69, 9.17) is 9.84 Å². The summed E-state index contributed by atoms with van der Waals surface area (Å²) in [5, 5.41) is 12.0. The van der Waals surface area contributed by atoms with Crippen LogP contribution < -0.4 is 5.32 Å². The molecule has 6 heteroatoms. The van der Waals surface area contributed by atoms with Crippen LogP contribution in [0.15, 0.2) is 30.3 Å². The van der Waals surface area contributed by atoms with Crippen molar-refractivity contribution in [2.75, 3.05) is 6.61 Å². The van der Waals surface area contributed by atoms with Gasteiger partial charge in [-0.05, 0) is 45.2 Å². The Balaban J connectivity index is 2.23. The lowest BCUT2D eigenvalue weighted by Gasteiger charge is -2.23. The van der Waals surface area contributed by atoms with Gasteiger partial charge in [0.15, 0.2) is 11.4 Å². The molecule has 1 aromatic rings. The summed E-state index contributed by atoms with van der Waals surface area (Å²) in [6.45, 7) is 5.33. The van der Waals surface area contributed by atoms with Gasteiger partial charge in [0.2, 0.25) is 0 Å². The molecule has 2 unspecified atom stereocenters. The highest BCUT2D eigenvalue weighted by molar-refractivity contribution is 5.97. The molecular weight excluding hydrogens is 358 g/mol. The van der Waals surface area contributed by atoms with Crippen molar-refractivity contribution in [1.82, 2.24) is 5.32 Å². The minimum atomic E-state index is -1.11. The zero-order valence-corrected chi connectivity index (χ0v) is 17.2. The van der Waals surface area contributed by atoms with Crippen LogP contribution in [0.3, 0.4) is 0 Å². The quantitative estimate of drug-likeness (QED) is 0.468. The second kappa shape index (κ2) is 12.3. The number of carbonyl (C=O) groups excluding carboxylic acids is 2. The first-order valence-electron chi connectivity index (χ1n) is 10.0. The Hall–Kier alpha value is -2.21. The maximum atomic E-state index is 12.2. The molecule has 0 saturated heterocycles. The van der Waals surface area contributed by atoms with E-state index in [0.717, 1.165) is 32.1 Å². The van der Waals surface area contributed by atoms with Gasteiger partial charge >= 0.3 is 5.97 Å². The summed E-state index contributed by atoms with van der Waals surface area (Å²) in [4.78, 5) is 35.2. The number of carbonyl (C=O) groups is 3. The molecule has 0 aliphatic rings. The zero-order valence-electron chi connectivity index (χ0n) is 17.2. The highest BCUT2D eigenvalue weighted by atomic mass is 16.5. The molecule has 1 amide bonds. The molecule has 28 heavy (non-hydrogen) atoms. The van der Waals surface area contributed by atoms with E-state index in [1.54, 1.807) is 38.1 Å². The molecular formula is C22H33NO5. The molecule has 0 spiro atoms. The second-order valence-electron chi connectivity index (χ2n) is 7.30. The molecule has 2 atom stereocenters. The molecule has 1 aromatic carbocycles. The standard InChI is InChI=1S/C22H33NO5/c1-4-22(3,21(26)27)28-16-12-7-5-6-11-15-19(17(2)24)23-20(25)18-13-9-8-10-14-18/h8-10,13-14,19H,4-7,11-12,15-16H2,1-3H3,(H,23,25)(H,26,27). The maximum Gasteiger partial charge on any atom is 0.335 e. The van der Waals surface area contributed by atoms with Crippen molar-refractivity contribution in [3.05, 3.63) is 35.9 Å². The Kier molecular flexibility index (Phi) is 10.5. The molecule has 1 rings (SSSR count). The van der Waals surface area contributed by atoms with Gasteiger partial charge in [0.25, 0.3) is 5.91 Å². The lowest BCUT2D eigenvalue weighted by Crippen LogP contribution is -2.39. The first-order valence-corrected chi connectivity index (χ1v) is 10.0. The number of nitrogens with one attached hydrogen (secondary N) is 1. The lowest BCUT2D eigenvalue weighted by atomic mass is 10.0. The van der Waals surface area contributed by atoms with Gasteiger partial charge in [-0.25, -0.2) is 4.79 Å². The highest BCUT2D eigenvalue weighted by Crippen LogP contribution is 2.17. The van der Waals surface area contributed by atoms with Gasteiger partial charge in [-0.15, -0.1) is 0 Å². The number of benzene rings is 1. The molecule has 156 valence electrons. The summed E-state index contributed by atoms with van der Waals surface area (Å²) in [5.41, 5.74) is -0.555. The SMILES string of the molecule is CCC(C)(OCCCCCCCC(NC(=O)c1ccccc1)C(C)=O)C(=O)O. The lowest BCUT2D eigenvalue weighted by molar-refractivity contribution is -0.164. The number of hydrogen-bond donors (Lipinski definition) is 2. The Morgan fingerprint density at radius 3 is 2.25 bits per heavy atom. The van der Waals surface area contributed by atoms with Gasteiger partial charge in [0, 0.05) is 12.2 Å². The summed E-state index contributed by atoms with van der Waals surface area (Å²) < 4.78 is 5.51. The molecule has 0 aliphatic heterocycles. The number of amides is 1. The van der Waals surface area contributed by atoms with Crippen LogP contribution in [0.2, 0.25) is 0 Å². The third-order valence-electron chi connectivity index (χ3n) is 5.02. The van der Waals surface area contributed by atoms with Crippen molar-refractivity contribution in [2.45, 2.75) is 77.4 Å². The fourth-order valence-electron chi connectivity index (χ4n) is 2.80. The van der Waals surface area contributed by atoms with E-state index in [1.165, 1.54) is 6.92 Å². The van der Waals surface area contributed by atoms with Crippen molar-refractivity contribution >= 4 is 17.7 Å². The third kappa shape index (κ3) is 8.21. The summed E-state index contributed by atoms with van der Waals surface area (Å²) in [6.07, 6.45) is 5.60. The Morgan fingerprint density at radius 2 is 1.68 bits per heavy atom. The Bertz CT molecular complexity index is 631. The molecule has 0 heterocycles. The van der Waals surface area contributed by atoms with Crippen LogP contribution in [0.25, 0.3) is 0 Å². The van der Waals surface area contributed by atoms with Gasteiger partial charge in [0.1, 0.15) is 0 Å². The first-order chi connectivity index (χ1) is 13.3. The third-order valence-corrected chi connectivity index (χ3v) is 5.02. The van der Waals surface area contributed by atoms with Crippen LogP contribution in [0.1, 0.15) is 76.1 Å². The average molecular weight is 392 g/mol. The smallest absolute Gasteiger partial charge is 0.335 e. The van der Waals surface area contributed by atoms with Crippen LogP contribution in [0.4, 0.5) is 0 Å². The number of rotatable bonds is 14. The number of unbranched alkanes of at least 4 members (excludes halogenated alkanes) is 4. The summed E-state index contributed by atoms with van der Waals surface area (Å²) in [7, 11) is 0. The first kappa shape index (κ1) is 23.8. The molecule has 0 fully saturated rings. The number of Topliss-reactive ketones (excluding diaryl/α,β-unsaturated/α-hetero) is 1. The molecule has 2 N–H and O–H groups in total. The fraction of sp³-hybridized carbons (Fsp3) is 0.591. The van der Waals surface area contributed by atoms with Crippen LogP contribution in [0, 0.1) is 0 Å². The topological polar surface area (TPSA) is 92.7 Å². The van der Waals surface area contributed by atoms with Crippen molar-refractivity contribution in [1.29, 1.82) is 0 Å². The van der Waals surface area contributed by atoms with E-state index in [2.05, 4.69) is 5.32 Å². The Morgan fingerprint density at radius 1 is 1.07 bits per heavy atom. The average Bonchev–Trinajstić information content (AvgIpc) is 2.68. The van der Waals surface area contributed by atoms with E-state index < -0.39 is 17.6 Å². The molecule has 0 aliphatic carbocycles. The van der Waals surface area contributed by atoms with Crippen LogP contribution in [0.5, 0.6) is 0 Å². The van der Waals surface area contributed by atoms with Gasteiger partial charge in [-0.3, -0.25) is 9.59 Å². The van der Waals surface area contributed by atoms with Crippen LogP contribution >= 0.6 is 0 Å². The maximum absolute atomic E-state index is 12.2. The molecule has 0 saturated carbocycles. The molecule has 6 nitrogen and oxygen atoms in total. The molecule has 0 radical (unpaired) electrons. The molecule has 0 bridgehead atoms. The predicted octanol–water partition coefficient (Wildman–Crippen LogP) is 3.98. The minimum Gasteiger partial charge on any atom is -0.479 e. The van der Waals surface area contributed by atoms with Crippen LogP contribution in [-0.4, -0.2) is 41.0 Å². The van der Waals surface area contributed by atoms with Crippen molar-refractivity contribution in [2.24, 2.45) is 0 Å². The van der Waals surface area contributed by atoms with Gasteiger partial charge < -0.3 is 15.2 Å². The predicted molar refractivity (Wildman–Crippen MR) is 108 cm³/mol. The van der Waals surface area contributed by atoms with Gasteiger partial charge in [0.05, 0.1) is 6.04 Å². The minimum absolute atomic E-state index is 0.0368. The molecule has 0 aromatic heterocycles. The van der Waals surface area contributed by atoms with E-state index in [1.807, 2.05) is 6.07 Å². The fourth-order valence-corrected chi connectivity index (χ4v) is 2.80. The normalized spacial score (nSPS) is 14.1. The number of hydrogen-bond acceptors (Lipinski definition) is 4. The summed E-state index contributed by atoms with van der Waals surface area (Å²) >= 11 is 0. The van der Waals surface area contributed by atoms with Crippen LogP contribution in [-0.2, 0) is 14.3 Å². The zero-order chi connectivity index (χ0) is 21.0. The number of carboxylic acids is 1.